The maximum absolute atomic E-state index is 12.9. The highest BCUT2D eigenvalue weighted by atomic mass is 35.5. The number of nitrogens with zero attached hydrogens (tertiary/aromatic N) is 1. The molecule has 2 amide bonds. The zero-order chi connectivity index (χ0) is 19.1. The third kappa shape index (κ3) is 5.74. The van der Waals surface area contributed by atoms with Crippen molar-refractivity contribution in [2.24, 2.45) is 5.73 Å². The van der Waals surface area contributed by atoms with Gasteiger partial charge in [0.1, 0.15) is 5.75 Å². The molecule has 1 aromatic heterocycles. The molecule has 2 aromatic rings. The van der Waals surface area contributed by atoms with Gasteiger partial charge in [-0.1, -0.05) is 18.2 Å². The van der Waals surface area contributed by atoms with Crippen LogP contribution in [0.3, 0.4) is 0 Å². The minimum atomic E-state index is -0.185. The van der Waals surface area contributed by atoms with Crippen LogP contribution in [0.4, 0.5) is 0 Å². The molecular formula is C20H26ClN3O4. The lowest BCUT2D eigenvalue weighted by atomic mass is 10.0. The number of nitrogens with one attached hydrogen (secondary N) is 1. The van der Waals surface area contributed by atoms with Crippen molar-refractivity contribution >= 4 is 24.2 Å². The van der Waals surface area contributed by atoms with E-state index >= 15 is 0 Å². The van der Waals surface area contributed by atoms with Gasteiger partial charge in [0.25, 0.3) is 11.9 Å². The number of amides is 2. The number of nitrogens with two attached hydrogens (primary N) is 1. The lowest BCUT2D eigenvalue weighted by Crippen LogP contribution is -2.49. The molecule has 0 saturated carbocycles. The van der Waals surface area contributed by atoms with Gasteiger partial charge >= 0.3 is 0 Å². The Bertz CT molecular complexity index is 766. The quantitative estimate of drug-likeness (QED) is 0.735. The highest BCUT2D eigenvalue weighted by Crippen LogP contribution is 2.26. The van der Waals surface area contributed by atoms with Crippen molar-refractivity contribution < 1.29 is 18.7 Å². The monoisotopic (exact) mass is 407 g/mol. The molecule has 3 N–H and O–H groups in total. The van der Waals surface area contributed by atoms with Crippen LogP contribution in [0.2, 0.25) is 0 Å². The summed E-state index contributed by atoms with van der Waals surface area (Å²) in [4.78, 5) is 26.3. The summed E-state index contributed by atoms with van der Waals surface area (Å²) in [6.45, 7) is 1.39. The van der Waals surface area contributed by atoms with E-state index in [1.165, 1.54) is 0 Å². The molecule has 3 rings (SSSR count). The average Bonchev–Trinajstić information content (AvgIpc) is 3.15. The predicted octanol–water partition coefficient (Wildman–Crippen LogP) is 2.95. The summed E-state index contributed by atoms with van der Waals surface area (Å²) < 4.78 is 11.2. The second-order valence-electron chi connectivity index (χ2n) is 6.52. The molecule has 1 aromatic carbocycles. The van der Waals surface area contributed by atoms with E-state index < -0.39 is 0 Å². The second kappa shape index (κ2) is 10.7. The van der Waals surface area contributed by atoms with Crippen molar-refractivity contribution in [1.82, 2.24) is 10.2 Å². The van der Waals surface area contributed by atoms with E-state index in [1.54, 1.807) is 17.0 Å². The Morgan fingerprint density at radius 3 is 2.71 bits per heavy atom. The summed E-state index contributed by atoms with van der Waals surface area (Å²) in [5.41, 5.74) is 5.40. The summed E-state index contributed by atoms with van der Waals surface area (Å²) in [5.74, 6) is 0.877. The first-order chi connectivity index (χ1) is 13.2. The standard InChI is InChI=1S/C20H25N3O4.ClH/c21-12-11-18(24)22-14-15-6-4-5-13-23(15)20(25)17-9-10-19(27-17)26-16-7-2-1-3-8-16;/h1-3,7-10,15H,4-6,11-14,21H2,(H,22,24);1H. The number of furan rings is 1. The van der Waals surface area contributed by atoms with Crippen molar-refractivity contribution in [2.45, 2.75) is 31.7 Å². The molecule has 1 unspecified atom stereocenters. The molecule has 1 atom stereocenters. The van der Waals surface area contributed by atoms with Gasteiger partial charge in [-0.05, 0) is 37.5 Å². The molecule has 1 aliphatic heterocycles. The van der Waals surface area contributed by atoms with Gasteiger partial charge in [0, 0.05) is 38.2 Å². The van der Waals surface area contributed by atoms with Gasteiger partial charge in [0.05, 0.1) is 0 Å². The largest absolute Gasteiger partial charge is 0.426 e. The van der Waals surface area contributed by atoms with E-state index in [2.05, 4.69) is 5.32 Å². The van der Waals surface area contributed by atoms with Gasteiger partial charge < -0.3 is 25.1 Å². The number of halogens is 1. The minimum absolute atomic E-state index is 0. The van der Waals surface area contributed by atoms with E-state index in [4.69, 9.17) is 14.9 Å². The molecule has 0 bridgehead atoms. The van der Waals surface area contributed by atoms with Crippen LogP contribution in [0.15, 0.2) is 46.9 Å². The number of para-hydroxylation sites is 1. The Kier molecular flexibility index (Phi) is 8.35. The van der Waals surface area contributed by atoms with Gasteiger partial charge in [-0.15, -0.1) is 12.4 Å². The van der Waals surface area contributed by atoms with Gasteiger partial charge in [-0.2, -0.15) is 0 Å². The van der Waals surface area contributed by atoms with Gasteiger partial charge in [-0.3, -0.25) is 9.59 Å². The smallest absolute Gasteiger partial charge is 0.290 e. The van der Waals surface area contributed by atoms with Crippen molar-refractivity contribution in [2.75, 3.05) is 19.6 Å². The van der Waals surface area contributed by atoms with Crippen molar-refractivity contribution in [1.29, 1.82) is 0 Å². The zero-order valence-electron chi connectivity index (χ0n) is 15.6. The Morgan fingerprint density at radius 1 is 1.18 bits per heavy atom. The average molecular weight is 408 g/mol. The normalized spacial score (nSPS) is 16.2. The van der Waals surface area contributed by atoms with Gasteiger partial charge in [-0.25, -0.2) is 0 Å². The highest BCUT2D eigenvalue weighted by molar-refractivity contribution is 5.92. The summed E-state index contributed by atoms with van der Waals surface area (Å²) in [7, 11) is 0. The molecule has 0 spiro atoms. The molecule has 1 aliphatic rings. The van der Waals surface area contributed by atoms with Gasteiger partial charge in [0.15, 0.2) is 5.76 Å². The maximum atomic E-state index is 12.9. The first kappa shape index (κ1) is 21.8. The van der Waals surface area contributed by atoms with E-state index in [9.17, 15) is 9.59 Å². The fourth-order valence-corrected chi connectivity index (χ4v) is 3.17. The number of rotatable bonds is 7. The molecule has 28 heavy (non-hydrogen) atoms. The zero-order valence-corrected chi connectivity index (χ0v) is 16.5. The second-order valence-corrected chi connectivity index (χ2v) is 6.52. The molecule has 2 heterocycles. The number of ether oxygens (including phenoxy) is 1. The van der Waals surface area contributed by atoms with Gasteiger partial charge in [0.2, 0.25) is 5.91 Å². The fraction of sp³-hybridized carbons (Fsp3) is 0.400. The number of benzene rings is 1. The maximum Gasteiger partial charge on any atom is 0.290 e. The van der Waals surface area contributed by atoms with E-state index in [-0.39, 0.29) is 42.0 Å². The van der Waals surface area contributed by atoms with E-state index in [1.807, 2.05) is 30.3 Å². The lowest BCUT2D eigenvalue weighted by molar-refractivity contribution is -0.121. The van der Waals surface area contributed by atoms with Crippen LogP contribution >= 0.6 is 12.4 Å². The molecule has 0 radical (unpaired) electrons. The molecule has 8 heteroatoms. The molecule has 0 aliphatic carbocycles. The van der Waals surface area contributed by atoms with Crippen molar-refractivity contribution in [3.8, 4) is 11.7 Å². The van der Waals surface area contributed by atoms with Crippen LogP contribution in [0.25, 0.3) is 0 Å². The number of hydrogen-bond acceptors (Lipinski definition) is 5. The Balaban J connectivity index is 0.00000280. The third-order valence-corrected chi connectivity index (χ3v) is 4.55. The number of carbonyl (C=O) groups is 2. The first-order valence-electron chi connectivity index (χ1n) is 9.28. The molecule has 1 saturated heterocycles. The van der Waals surface area contributed by atoms with Crippen LogP contribution in [-0.4, -0.2) is 42.4 Å². The summed E-state index contributed by atoms with van der Waals surface area (Å²) in [6, 6.07) is 12.5. The van der Waals surface area contributed by atoms with E-state index in [0.29, 0.717) is 31.8 Å². The van der Waals surface area contributed by atoms with Crippen molar-refractivity contribution in [3.63, 3.8) is 0 Å². The molecule has 7 nitrogen and oxygen atoms in total. The first-order valence-corrected chi connectivity index (χ1v) is 9.28. The number of likely N-dealkylation sites (tertiary alicyclic amines) is 1. The number of piperidine rings is 1. The van der Waals surface area contributed by atoms with Crippen LogP contribution < -0.4 is 15.8 Å². The van der Waals surface area contributed by atoms with Crippen molar-refractivity contribution in [3.05, 3.63) is 48.2 Å². The Labute approximate surface area is 170 Å². The van der Waals surface area contributed by atoms with Crippen LogP contribution in [0.5, 0.6) is 11.7 Å². The van der Waals surface area contributed by atoms with Crippen LogP contribution in [0, 0.1) is 0 Å². The highest BCUT2D eigenvalue weighted by Gasteiger charge is 2.29. The van der Waals surface area contributed by atoms with Crippen LogP contribution in [0.1, 0.15) is 36.2 Å². The molecule has 1 fully saturated rings. The predicted molar refractivity (Wildman–Crippen MR) is 108 cm³/mol. The lowest BCUT2D eigenvalue weighted by Gasteiger charge is -2.35. The number of hydrogen-bond donors (Lipinski definition) is 2. The SMILES string of the molecule is Cl.NCCC(=O)NCC1CCCCN1C(=O)c1ccc(Oc2ccccc2)o1. The summed E-state index contributed by atoms with van der Waals surface area (Å²) in [6.07, 6.45) is 3.11. The minimum Gasteiger partial charge on any atom is -0.426 e. The third-order valence-electron chi connectivity index (χ3n) is 4.55. The molecule has 152 valence electrons. The molecular weight excluding hydrogens is 382 g/mol. The summed E-state index contributed by atoms with van der Waals surface area (Å²) >= 11 is 0. The Morgan fingerprint density at radius 2 is 1.96 bits per heavy atom. The Hall–Kier alpha value is -2.51. The topological polar surface area (TPSA) is 97.8 Å². The number of carbonyl (C=O) groups excluding carboxylic acids is 2. The van der Waals surface area contributed by atoms with Crippen LogP contribution in [-0.2, 0) is 4.79 Å². The fourth-order valence-electron chi connectivity index (χ4n) is 3.17. The van der Waals surface area contributed by atoms with E-state index in [0.717, 1.165) is 19.3 Å². The summed E-state index contributed by atoms with van der Waals surface area (Å²) in [5, 5.41) is 2.86.